The maximum Gasteiger partial charge on any atom is 0.216 e. The number of hydrogen-bond donors (Lipinski definition) is 1. The maximum absolute atomic E-state index is 10.7. The maximum atomic E-state index is 10.7. The van der Waals surface area contributed by atoms with E-state index in [-0.39, 0.29) is 17.5 Å². The summed E-state index contributed by atoms with van der Waals surface area (Å²) < 4.78 is 0. The van der Waals surface area contributed by atoms with Crippen LogP contribution in [0.25, 0.3) is 0 Å². The average Bonchev–Trinajstić information content (AvgIpc) is 2.33. The van der Waals surface area contributed by atoms with E-state index in [4.69, 9.17) is 0 Å². The molecule has 0 amide bonds. The zero-order valence-electron chi connectivity index (χ0n) is 6.88. The minimum Gasteiger partial charge on any atom is -0.291 e. The first-order valence-corrected chi connectivity index (χ1v) is 3.54. The Bertz CT molecular complexity index is 264. The van der Waals surface area contributed by atoms with E-state index in [0.717, 1.165) is 5.82 Å². The van der Waals surface area contributed by atoms with Crippen LogP contribution in [0.1, 0.15) is 43.1 Å². The van der Waals surface area contributed by atoms with Gasteiger partial charge in [-0.15, -0.1) is 0 Å². The van der Waals surface area contributed by atoms with Crippen LogP contribution in [-0.4, -0.2) is 21.0 Å². The molecule has 0 fully saturated rings. The minimum atomic E-state index is -0.104. The van der Waals surface area contributed by atoms with Gasteiger partial charge in [0.15, 0.2) is 5.78 Å². The normalized spacial score (nSPS) is 10.5. The van der Waals surface area contributed by atoms with E-state index in [2.05, 4.69) is 15.2 Å². The van der Waals surface area contributed by atoms with Gasteiger partial charge in [0.1, 0.15) is 5.82 Å². The molecule has 1 heterocycles. The van der Waals surface area contributed by atoms with Crippen LogP contribution in [0.4, 0.5) is 0 Å². The second-order valence-electron chi connectivity index (χ2n) is 2.76. The van der Waals surface area contributed by atoms with Crippen molar-refractivity contribution in [3.05, 3.63) is 11.6 Å². The smallest absolute Gasteiger partial charge is 0.216 e. The van der Waals surface area contributed by atoms with Crippen LogP contribution in [0, 0.1) is 0 Å². The van der Waals surface area contributed by atoms with E-state index in [1.54, 1.807) is 0 Å². The highest BCUT2D eigenvalue weighted by Gasteiger charge is 2.08. The summed E-state index contributed by atoms with van der Waals surface area (Å²) in [4.78, 5) is 14.7. The number of nitrogens with one attached hydrogen (secondary N) is 1. The van der Waals surface area contributed by atoms with Gasteiger partial charge in [-0.25, -0.2) is 4.98 Å². The lowest BCUT2D eigenvalue weighted by molar-refractivity contribution is 0.100. The van der Waals surface area contributed by atoms with E-state index >= 15 is 0 Å². The molecule has 0 aliphatic heterocycles. The third kappa shape index (κ3) is 1.63. The van der Waals surface area contributed by atoms with Gasteiger partial charge in [0.2, 0.25) is 5.82 Å². The quantitative estimate of drug-likeness (QED) is 0.648. The number of nitrogens with zero attached hydrogens (tertiary/aromatic N) is 2. The Kier molecular flexibility index (Phi) is 2.03. The largest absolute Gasteiger partial charge is 0.291 e. The SMILES string of the molecule is CC(=O)c1n[nH]c(C(C)C)n1. The van der Waals surface area contributed by atoms with Crippen molar-refractivity contribution in [3.8, 4) is 0 Å². The molecule has 11 heavy (non-hydrogen) atoms. The van der Waals surface area contributed by atoms with Gasteiger partial charge < -0.3 is 0 Å². The number of carbonyl (C=O) groups is 1. The van der Waals surface area contributed by atoms with Gasteiger partial charge in [-0.1, -0.05) is 13.8 Å². The number of carbonyl (C=O) groups excluding carboxylic acids is 1. The Morgan fingerprint density at radius 1 is 1.55 bits per heavy atom. The Morgan fingerprint density at radius 3 is 2.45 bits per heavy atom. The topological polar surface area (TPSA) is 58.6 Å². The third-order valence-electron chi connectivity index (χ3n) is 1.36. The number of aromatic amines is 1. The number of ketones is 1. The van der Waals surface area contributed by atoms with Crippen LogP contribution in [0.3, 0.4) is 0 Å². The van der Waals surface area contributed by atoms with Gasteiger partial charge in [0.25, 0.3) is 0 Å². The van der Waals surface area contributed by atoms with E-state index in [1.807, 2.05) is 13.8 Å². The second kappa shape index (κ2) is 2.82. The van der Waals surface area contributed by atoms with Crippen molar-refractivity contribution >= 4 is 5.78 Å². The molecule has 1 N–H and O–H groups in total. The van der Waals surface area contributed by atoms with Crippen molar-refractivity contribution in [2.45, 2.75) is 26.7 Å². The monoisotopic (exact) mass is 153 g/mol. The summed E-state index contributed by atoms with van der Waals surface area (Å²) in [6.45, 7) is 5.43. The molecule has 60 valence electrons. The summed E-state index contributed by atoms with van der Waals surface area (Å²) in [6.07, 6.45) is 0. The van der Waals surface area contributed by atoms with Crippen molar-refractivity contribution in [1.82, 2.24) is 15.2 Å². The predicted octanol–water partition coefficient (Wildman–Crippen LogP) is 1.13. The summed E-state index contributed by atoms with van der Waals surface area (Å²) in [5.74, 6) is 1.22. The number of rotatable bonds is 2. The van der Waals surface area contributed by atoms with Gasteiger partial charge in [-0.2, -0.15) is 5.10 Å². The molecule has 0 aromatic carbocycles. The van der Waals surface area contributed by atoms with Crippen LogP contribution in [0.2, 0.25) is 0 Å². The minimum absolute atomic E-state index is 0.104. The molecule has 1 aromatic heterocycles. The van der Waals surface area contributed by atoms with Gasteiger partial charge >= 0.3 is 0 Å². The highest BCUT2D eigenvalue weighted by Crippen LogP contribution is 2.07. The Labute approximate surface area is 65.0 Å². The molecular weight excluding hydrogens is 142 g/mol. The van der Waals surface area contributed by atoms with E-state index in [9.17, 15) is 4.79 Å². The molecule has 4 heteroatoms. The molecule has 1 rings (SSSR count). The number of aromatic nitrogens is 3. The third-order valence-corrected chi connectivity index (χ3v) is 1.36. The molecule has 4 nitrogen and oxygen atoms in total. The van der Waals surface area contributed by atoms with Gasteiger partial charge in [0, 0.05) is 12.8 Å². The second-order valence-corrected chi connectivity index (χ2v) is 2.76. The zero-order valence-corrected chi connectivity index (χ0v) is 6.88. The average molecular weight is 153 g/mol. The summed E-state index contributed by atoms with van der Waals surface area (Å²) in [5, 5.41) is 6.46. The van der Waals surface area contributed by atoms with Gasteiger partial charge in [-0.05, 0) is 0 Å². The summed E-state index contributed by atoms with van der Waals surface area (Å²) in [7, 11) is 0. The molecule has 0 atom stereocenters. The highest BCUT2D eigenvalue weighted by molar-refractivity contribution is 5.90. The van der Waals surface area contributed by atoms with Crippen LogP contribution in [0.15, 0.2) is 0 Å². The lowest BCUT2D eigenvalue weighted by Gasteiger charge is -1.94. The number of hydrogen-bond acceptors (Lipinski definition) is 3. The molecule has 1 aromatic rings. The number of H-pyrrole nitrogens is 1. The van der Waals surface area contributed by atoms with Crippen LogP contribution >= 0.6 is 0 Å². The molecule has 0 bridgehead atoms. The van der Waals surface area contributed by atoms with Crippen LogP contribution in [-0.2, 0) is 0 Å². The molecular formula is C7H11N3O. The first kappa shape index (κ1) is 7.91. The van der Waals surface area contributed by atoms with Crippen molar-refractivity contribution < 1.29 is 4.79 Å². The fourth-order valence-electron chi connectivity index (χ4n) is 0.690. The molecule has 0 spiro atoms. The van der Waals surface area contributed by atoms with E-state index < -0.39 is 0 Å². The van der Waals surface area contributed by atoms with E-state index in [1.165, 1.54) is 6.92 Å². The molecule has 0 aliphatic carbocycles. The predicted molar refractivity (Wildman–Crippen MR) is 40.5 cm³/mol. The van der Waals surface area contributed by atoms with Gasteiger partial charge in [0.05, 0.1) is 0 Å². The summed E-state index contributed by atoms with van der Waals surface area (Å²) >= 11 is 0. The summed E-state index contributed by atoms with van der Waals surface area (Å²) in [6, 6.07) is 0. The first-order chi connectivity index (χ1) is 5.11. The van der Waals surface area contributed by atoms with Crippen LogP contribution < -0.4 is 0 Å². The zero-order chi connectivity index (χ0) is 8.43. The first-order valence-electron chi connectivity index (χ1n) is 3.54. The fraction of sp³-hybridized carbons (Fsp3) is 0.571. The summed E-state index contributed by atoms with van der Waals surface area (Å²) in [5.41, 5.74) is 0. The van der Waals surface area contributed by atoms with Crippen LogP contribution in [0.5, 0.6) is 0 Å². The molecule has 0 saturated heterocycles. The lowest BCUT2D eigenvalue weighted by atomic mass is 10.2. The Hall–Kier alpha value is -1.19. The van der Waals surface area contributed by atoms with Gasteiger partial charge in [-0.3, -0.25) is 9.89 Å². The molecule has 0 radical (unpaired) electrons. The standard InChI is InChI=1S/C7H11N3O/c1-4(2)6-8-7(5(3)11)10-9-6/h4H,1-3H3,(H,8,9,10). The molecule has 0 aliphatic rings. The van der Waals surface area contributed by atoms with Crippen molar-refractivity contribution in [2.24, 2.45) is 0 Å². The lowest BCUT2D eigenvalue weighted by Crippen LogP contribution is -1.95. The fourth-order valence-corrected chi connectivity index (χ4v) is 0.690. The Morgan fingerprint density at radius 2 is 2.18 bits per heavy atom. The highest BCUT2D eigenvalue weighted by atomic mass is 16.1. The van der Waals surface area contributed by atoms with Crippen molar-refractivity contribution in [1.29, 1.82) is 0 Å². The molecule has 0 unspecified atom stereocenters. The molecule has 0 saturated carbocycles. The van der Waals surface area contributed by atoms with Crippen molar-refractivity contribution in [3.63, 3.8) is 0 Å². The number of Topliss-reactive ketones (excluding diaryl/α,β-unsaturated/α-hetero) is 1. The Balaban J connectivity index is 2.90. The van der Waals surface area contributed by atoms with E-state index in [0.29, 0.717) is 0 Å². The van der Waals surface area contributed by atoms with Crippen molar-refractivity contribution in [2.75, 3.05) is 0 Å².